The van der Waals surface area contributed by atoms with E-state index in [2.05, 4.69) is 23.5 Å². The third-order valence-electron chi connectivity index (χ3n) is 2.46. The van der Waals surface area contributed by atoms with E-state index in [4.69, 9.17) is 11.2 Å². The third kappa shape index (κ3) is 5.94. The molecule has 0 atom stereocenters. The van der Waals surface area contributed by atoms with E-state index in [1.807, 2.05) is 24.3 Å². The maximum atomic E-state index is 11.4. The van der Waals surface area contributed by atoms with Gasteiger partial charge in [0.1, 0.15) is 5.75 Å². The lowest BCUT2D eigenvalue weighted by molar-refractivity contribution is -0.122. The van der Waals surface area contributed by atoms with E-state index < -0.39 is 0 Å². The second-order valence-corrected chi connectivity index (χ2v) is 4.05. The molecule has 0 fully saturated rings. The lowest BCUT2D eigenvalue weighted by Gasteiger charge is -2.11. The summed E-state index contributed by atoms with van der Waals surface area (Å²) >= 11 is 0. The average molecular weight is 260 g/mol. The van der Waals surface area contributed by atoms with Crippen molar-refractivity contribution in [2.24, 2.45) is 0 Å². The number of hydrogen-bond donors (Lipinski definition) is 2. The first kappa shape index (κ1) is 15.1. The van der Waals surface area contributed by atoms with Crippen molar-refractivity contribution in [3.05, 3.63) is 29.8 Å². The van der Waals surface area contributed by atoms with Gasteiger partial charge in [0.2, 0.25) is 0 Å². The number of hydrogen-bond acceptors (Lipinski definition) is 3. The quantitative estimate of drug-likeness (QED) is 0.547. The molecule has 0 saturated heterocycles. The summed E-state index contributed by atoms with van der Waals surface area (Å²) in [6.07, 6.45) is 6.14. The number of benzene rings is 1. The van der Waals surface area contributed by atoms with Crippen molar-refractivity contribution in [1.82, 2.24) is 10.6 Å². The summed E-state index contributed by atoms with van der Waals surface area (Å²) in [6, 6.07) is 7.68. The smallest absolute Gasteiger partial charge is 0.258 e. The van der Waals surface area contributed by atoms with E-state index in [0.29, 0.717) is 0 Å². The van der Waals surface area contributed by atoms with Gasteiger partial charge in [-0.25, -0.2) is 0 Å². The normalized spacial score (nSPS) is 9.68. The van der Waals surface area contributed by atoms with Crippen molar-refractivity contribution >= 4 is 5.91 Å². The Morgan fingerprint density at radius 1 is 1.42 bits per heavy atom. The molecule has 1 amide bonds. The third-order valence-corrected chi connectivity index (χ3v) is 2.46. The summed E-state index contributed by atoms with van der Waals surface area (Å²) in [5.41, 5.74) is 1.04. The van der Waals surface area contributed by atoms with Gasteiger partial charge in [-0.1, -0.05) is 31.0 Å². The predicted octanol–water partition coefficient (Wildman–Crippen LogP) is 1.31. The molecule has 19 heavy (non-hydrogen) atoms. The van der Waals surface area contributed by atoms with E-state index in [0.717, 1.165) is 30.8 Å². The number of terminal acetylenes is 1. The Kier molecular flexibility index (Phi) is 7.14. The highest BCUT2D eigenvalue weighted by molar-refractivity contribution is 5.77. The Morgan fingerprint density at radius 2 is 2.21 bits per heavy atom. The highest BCUT2D eigenvalue weighted by Gasteiger charge is 2.05. The molecule has 0 radical (unpaired) electrons. The highest BCUT2D eigenvalue weighted by atomic mass is 16.5. The van der Waals surface area contributed by atoms with Crippen molar-refractivity contribution in [3.8, 4) is 18.1 Å². The van der Waals surface area contributed by atoms with E-state index in [1.54, 1.807) is 0 Å². The topological polar surface area (TPSA) is 50.4 Å². The van der Waals surface area contributed by atoms with E-state index >= 15 is 0 Å². The molecule has 4 nitrogen and oxygen atoms in total. The van der Waals surface area contributed by atoms with Gasteiger partial charge < -0.3 is 15.4 Å². The molecular weight excluding hydrogens is 240 g/mol. The van der Waals surface area contributed by atoms with Crippen LogP contribution in [-0.2, 0) is 11.3 Å². The molecule has 0 bridgehead atoms. The minimum atomic E-state index is -0.214. The Morgan fingerprint density at radius 3 is 2.95 bits per heavy atom. The molecule has 102 valence electrons. The van der Waals surface area contributed by atoms with E-state index in [1.165, 1.54) is 0 Å². The summed E-state index contributed by atoms with van der Waals surface area (Å²) in [5, 5.41) is 5.87. The number of amides is 1. The molecule has 0 saturated carbocycles. The molecular formula is C15H20N2O2. The average Bonchev–Trinajstić information content (AvgIpc) is 2.44. The van der Waals surface area contributed by atoms with Crippen molar-refractivity contribution in [2.75, 3.05) is 19.7 Å². The maximum absolute atomic E-state index is 11.4. The molecule has 0 unspecified atom stereocenters. The fourth-order valence-corrected chi connectivity index (χ4v) is 1.53. The van der Waals surface area contributed by atoms with Gasteiger partial charge in [0.25, 0.3) is 5.91 Å². The SMILES string of the molecule is C#CCNC(=O)COc1ccccc1CNCCC. The van der Waals surface area contributed by atoms with Gasteiger partial charge in [-0.05, 0) is 19.0 Å². The lowest BCUT2D eigenvalue weighted by Crippen LogP contribution is -2.29. The van der Waals surface area contributed by atoms with E-state index in [9.17, 15) is 4.79 Å². The van der Waals surface area contributed by atoms with Gasteiger partial charge in [-0.3, -0.25) is 4.79 Å². The first-order valence-electron chi connectivity index (χ1n) is 6.39. The van der Waals surface area contributed by atoms with Gasteiger partial charge in [0, 0.05) is 12.1 Å². The second-order valence-electron chi connectivity index (χ2n) is 4.05. The molecule has 0 spiro atoms. The highest BCUT2D eigenvalue weighted by Crippen LogP contribution is 2.17. The van der Waals surface area contributed by atoms with Crippen molar-refractivity contribution in [2.45, 2.75) is 19.9 Å². The first-order chi connectivity index (χ1) is 9.27. The van der Waals surface area contributed by atoms with Gasteiger partial charge in [0.05, 0.1) is 6.54 Å². The molecule has 1 aromatic rings. The summed E-state index contributed by atoms with van der Waals surface area (Å²) in [7, 11) is 0. The number of para-hydroxylation sites is 1. The number of ether oxygens (including phenoxy) is 1. The molecule has 0 aliphatic carbocycles. The van der Waals surface area contributed by atoms with Crippen LogP contribution in [0.4, 0.5) is 0 Å². The van der Waals surface area contributed by atoms with Crippen molar-refractivity contribution < 1.29 is 9.53 Å². The molecule has 0 aromatic heterocycles. The van der Waals surface area contributed by atoms with Crippen LogP contribution < -0.4 is 15.4 Å². The summed E-state index contributed by atoms with van der Waals surface area (Å²) in [6.45, 7) is 4.01. The predicted molar refractivity (Wildman–Crippen MR) is 75.8 cm³/mol. The molecule has 1 rings (SSSR count). The van der Waals surface area contributed by atoms with E-state index in [-0.39, 0.29) is 19.1 Å². The second kappa shape index (κ2) is 9.01. The van der Waals surface area contributed by atoms with Gasteiger partial charge in [-0.2, -0.15) is 0 Å². The van der Waals surface area contributed by atoms with Gasteiger partial charge >= 0.3 is 0 Å². The molecule has 1 aromatic carbocycles. The van der Waals surface area contributed by atoms with Crippen LogP contribution in [0.5, 0.6) is 5.75 Å². The Bertz CT molecular complexity index is 438. The maximum Gasteiger partial charge on any atom is 0.258 e. The molecule has 0 aliphatic rings. The van der Waals surface area contributed by atoms with Crippen LogP contribution >= 0.6 is 0 Å². The number of carbonyl (C=O) groups is 1. The van der Waals surface area contributed by atoms with Crippen LogP contribution in [0.2, 0.25) is 0 Å². The van der Waals surface area contributed by atoms with Crippen LogP contribution in [0, 0.1) is 12.3 Å². The zero-order chi connectivity index (χ0) is 13.9. The van der Waals surface area contributed by atoms with Crippen LogP contribution in [0.25, 0.3) is 0 Å². The summed E-state index contributed by atoms with van der Waals surface area (Å²) in [5.74, 6) is 2.86. The molecule has 4 heteroatoms. The number of nitrogens with one attached hydrogen (secondary N) is 2. The van der Waals surface area contributed by atoms with Gasteiger partial charge in [-0.15, -0.1) is 6.42 Å². The summed E-state index contributed by atoms with van der Waals surface area (Å²) in [4.78, 5) is 11.4. The zero-order valence-electron chi connectivity index (χ0n) is 11.2. The van der Waals surface area contributed by atoms with Gasteiger partial charge in [0.15, 0.2) is 6.61 Å². The monoisotopic (exact) mass is 260 g/mol. The standard InChI is InChI=1S/C15H20N2O2/c1-3-9-16-11-13-7-5-6-8-14(13)19-12-15(18)17-10-4-2/h2,5-8,16H,3,9-12H2,1H3,(H,17,18). The Hall–Kier alpha value is -1.99. The first-order valence-corrected chi connectivity index (χ1v) is 6.39. The number of rotatable bonds is 8. The fourth-order valence-electron chi connectivity index (χ4n) is 1.53. The van der Waals surface area contributed by atoms with Crippen LogP contribution in [0.1, 0.15) is 18.9 Å². The molecule has 0 aliphatic heterocycles. The van der Waals surface area contributed by atoms with Crippen LogP contribution in [0.15, 0.2) is 24.3 Å². The Labute approximate surface area is 114 Å². The molecule has 0 heterocycles. The summed E-state index contributed by atoms with van der Waals surface area (Å²) < 4.78 is 5.51. The minimum absolute atomic E-state index is 0.0214. The minimum Gasteiger partial charge on any atom is -0.483 e. The fraction of sp³-hybridized carbons (Fsp3) is 0.400. The van der Waals surface area contributed by atoms with Crippen LogP contribution in [0.3, 0.4) is 0 Å². The zero-order valence-corrected chi connectivity index (χ0v) is 11.2. The van der Waals surface area contributed by atoms with Crippen molar-refractivity contribution in [1.29, 1.82) is 0 Å². The Balaban J connectivity index is 2.48. The number of carbonyl (C=O) groups excluding carboxylic acids is 1. The van der Waals surface area contributed by atoms with Crippen LogP contribution in [-0.4, -0.2) is 25.6 Å². The van der Waals surface area contributed by atoms with Crippen molar-refractivity contribution in [3.63, 3.8) is 0 Å². The largest absolute Gasteiger partial charge is 0.483 e. The molecule has 2 N–H and O–H groups in total. The lowest BCUT2D eigenvalue weighted by atomic mass is 10.2.